The fourth-order valence-corrected chi connectivity index (χ4v) is 1.90. The molecule has 0 aliphatic carbocycles. The van der Waals surface area contributed by atoms with Gasteiger partial charge in [-0.2, -0.15) is 0 Å². The lowest BCUT2D eigenvalue weighted by Crippen LogP contribution is -2.43. The van der Waals surface area contributed by atoms with Crippen molar-refractivity contribution in [2.24, 2.45) is 5.41 Å². The van der Waals surface area contributed by atoms with Crippen LogP contribution in [-0.2, 0) is 4.79 Å². The molecule has 20 heavy (non-hydrogen) atoms. The quantitative estimate of drug-likeness (QED) is 0.743. The van der Waals surface area contributed by atoms with E-state index in [9.17, 15) is 9.59 Å². The molecule has 0 radical (unpaired) electrons. The predicted octanol–water partition coefficient (Wildman–Crippen LogP) is 2.08. The molecule has 0 saturated heterocycles. The lowest BCUT2D eigenvalue weighted by atomic mass is 9.92. The van der Waals surface area contributed by atoms with Crippen molar-refractivity contribution < 1.29 is 9.59 Å². The molecule has 1 aromatic rings. The minimum absolute atomic E-state index is 0.161. The van der Waals surface area contributed by atoms with Crippen LogP contribution >= 0.6 is 23.2 Å². The van der Waals surface area contributed by atoms with E-state index in [0.29, 0.717) is 5.56 Å². The average Bonchev–Trinajstić information content (AvgIpc) is 2.40. The number of carbonyl (C=O) groups is 2. The molecular weight excluding hydrogens is 301 g/mol. The van der Waals surface area contributed by atoms with Gasteiger partial charge in [0.1, 0.15) is 0 Å². The standard InChI is InChI=1S/C13H17Cl2N3O2/c1-13(2,12(20)17-3)6-18-11(19)7-4-8(14)10(15)9(16)5-7/h4-5H,6,16H2,1-3H3,(H,17,20)(H,18,19). The van der Waals surface area contributed by atoms with Gasteiger partial charge in [-0.1, -0.05) is 23.2 Å². The van der Waals surface area contributed by atoms with Gasteiger partial charge < -0.3 is 16.4 Å². The Hall–Kier alpha value is -1.46. The third-order valence-corrected chi connectivity index (χ3v) is 3.67. The Balaban J connectivity index is 2.80. The van der Waals surface area contributed by atoms with Crippen molar-refractivity contribution in [2.75, 3.05) is 19.3 Å². The zero-order valence-electron chi connectivity index (χ0n) is 11.5. The van der Waals surface area contributed by atoms with Gasteiger partial charge in [-0.05, 0) is 26.0 Å². The first-order chi connectivity index (χ1) is 9.19. The van der Waals surface area contributed by atoms with Crippen molar-refractivity contribution in [2.45, 2.75) is 13.8 Å². The van der Waals surface area contributed by atoms with E-state index >= 15 is 0 Å². The monoisotopic (exact) mass is 317 g/mol. The third kappa shape index (κ3) is 3.77. The highest BCUT2D eigenvalue weighted by atomic mass is 35.5. The van der Waals surface area contributed by atoms with E-state index in [2.05, 4.69) is 10.6 Å². The number of nitrogen functional groups attached to an aromatic ring is 1. The number of nitrogens with one attached hydrogen (secondary N) is 2. The molecule has 4 N–H and O–H groups in total. The predicted molar refractivity (Wildman–Crippen MR) is 81.1 cm³/mol. The van der Waals surface area contributed by atoms with E-state index in [1.54, 1.807) is 20.9 Å². The number of rotatable bonds is 4. The van der Waals surface area contributed by atoms with E-state index in [4.69, 9.17) is 28.9 Å². The first-order valence-electron chi connectivity index (χ1n) is 5.94. The minimum Gasteiger partial charge on any atom is -0.397 e. The van der Waals surface area contributed by atoms with Crippen LogP contribution < -0.4 is 16.4 Å². The van der Waals surface area contributed by atoms with Gasteiger partial charge >= 0.3 is 0 Å². The molecule has 0 fully saturated rings. The molecule has 1 aromatic carbocycles. The van der Waals surface area contributed by atoms with Crippen molar-refractivity contribution in [3.63, 3.8) is 0 Å². The second-order valence-electron chi connectivity index (χ2n) is 5.01. The van der Waals surface area contributed by atoms with Crippen LogP contribution in [-0.4, -0.2) is 25.4 Å². The van der Waals surface area contributed by atoms with Crippen LogP contribution in [0.5, 0.6) is 0 Å². The summed E-state index contributed by atoms with van der Waals surface area (Å²) >= 11 is 11.7. The smallest absolute Gasteiger partial charge is 0.251 e. The Morgan fingerprint density at radius 2 is 1.90 bits per heavy atom. The number of benzene rings is 1. The zero-order chi connectivity index (χ0) is 15.5. The largest absolute Gasteiger partial charge is 0.397 e. The van der Waals surface area contributed by atoms with Gasteiger partial charge in [0.15, 0.2) is 0 Å². The molecular formula is C13H17Cl2N3O2. The normalized spacial score (nSPS) is 11.1. The Bertz CT molecular complexity index is 521. The maximum absolute atomic E-state index is 12.0. The molecule has 0 saturated carbocycles. The number of halogens is 2. The molecule has 110 valence electrons. The highest BCUT2D eigenvalue weighted by molar-refractivity contribution is 6.43. The second-order valence-corrected chi connectivity index (χ2v) is 5.79. The number of carbonyl (C=O) groups excluding carboxylic acids is 2. The lowest BCUT2D eigenvalue weighted by molar-refractivity contribution is -0.128. The average molecular weight is 318 g/mol. The van der Waals surface area contributed by atoms with Crippen LogP contribution in [0, 0.1) is 5.41 Å². The maximum atomic E-state index is 12.0. The molecule has 0 heterocycles. The Labute approximate surface area is 127 Å². The fourth-order valence-electron chi connectivity index (χ4n) is 1.56. The van der Waals surface area contributed by atoms with Crippen molar-refractivity contribution in [1.82, 2.24) is 10.6 Å². The van der Waals surface area contributed by atoms with Gasteiger partial charge in [0.25, 0.3) is 5.91 Å². The summed E-state index contributed by atoms with van der Waals surface area (Å²) in [6, 6.07) is 2.87. The molecule has 1 rings (SSSR count). The topological polar surface area (TPSA) is 84.2 Å². The van der Waals surface area contributed by atoms with E-state index in [0.717, 1.165) is 0 Å². The molecule has 0 aliphatic heterocycles. The van der Waals surface area contributed by atoms with Crippen molar-refractivity contribution in [3.05, 3.63) is 27.7 Å². The van der Waals surface area contributed by atoms with E-state index in [1.807, 2.05) is 0 Å². The molecule has 0 spiro atoms. The van der Waals surface area contributed by atoms with Crippen LogP contribution in [0.15, 0.2) is 12.1 Å². The van der Waals surface area contributed by atoms with Crippen molar-refractivity contribution >= 4 is 40.7 Å². The van der Waals surface area contributed by atoms with Crippen LogP contribution in [0.4, 0.5) is 5.69 Å². The molecule has 7 heteroatoms. The highest BCUT2D eigenvalue weighted by Gasteiger charge is 2.27. The number of amides is 2. The number of hydrogen-bond acceptors (Lipinski definition) is 3. The Morgan fingerprint density at radius 1 is 1.30 bits per heavy atom. The first kappa shape index (κ1) is 16.6. The van der Waals surface area contributed by atoms with Crippen LogP contribution in [0.3, 0.4) is 0 Å². The molecule has 0 bridgehead atoms. The van der Waals surface area contributed by atoms with Gasteiger partial charge in [-0.25, -0.2) is 0 Å². The van der Waals surface area contributed by atoms with E-state index < -0.39 is 5.41 Å². The van der Waals surface area contributed by atoms with Gasteiger partial charge in [0.2, 0.25) is 5.91 Å². The molecule has 0 aromatic heterocycles. The Morgan fingerprint density at radius 3 is 2.40 bits per heavy atom. The summed E-state index contributed by atoms with van der Waals surface area (Å²) in [4.78, 5) is 23.6. The van der Waals surface area contributed by atoms with Gasteiger partial charge in [0, 0.05) is 19.2 Å². The highest BCUT2D eigenvalue weighted by Crippen LogP contribution is 2.29. The van der Waals surface area contributed by atoms with Gasteiger partial charge in [0.05, 0.1) is 21.1 Å². The molecule has 2 amide bonds. The van der Waals surface area contributed by atoms with Crippen LogP contribution in [0.25, 0.3) is 0 Å². The minimum atomic E-state index is -0.716. The molecule has 0 atom stereocenters. The maximum Gasteiger partial charge on any atom is 0.251 e. The number of hydrogen-bond donors (Lipinski definition) is 3. The molecule has 5 nitrogen and oxygen atoms in total. The fraction of sp³-hybridized carbons (Fsp3) is 0.385. The van der Waals surface area contributed by atoms with Crippen LogP contribution in [0.2, 0.25) is 10.0 Å². The van der Waals surface area contributed by atoms with Gasteiger partial charge in [-0.3, -0.25) is 9.59 Å². The summed E-state index contributed by atoms with van der Waals surface area (Å²) < 4.78 is 0. The zero-order valence-corrected chi connectivity index (χ0v) is 13.0. The SMILES string of the molecule is CNC(=O)C(C)(C)CNC(=O)c1cc(N)c(Cl)c(Cl)c1. The van der Waals surface area contributed by atoms with Crippen LogP contribution in [0.1, 0.15) is 24.2 Å². The lowest BCUT2D eigenvalue weighted by Gasteiger charge is -2.22. The number of nitrogens with two attached hydrogens (primary N) is 1. The Kier molecular flexibility index (Phi) is 5.25. The van der Waals surface area contributed by atoms with E-state index in [1.165, 1.54) is 12.1 Å². The van der Waals surface area contributed by atoms with Crippen molar-refractivity contribution in [1.29, 1.82) is 0 Å². The second kappa shape index (κ2) is 6.33. The molecule has 0 aliphatic rings. The first-order valence-corrected chi connectivity index (χ1v) is 6.69. The summed E-state index contributed by atoms with van der Waals surface area (Å²) in [5.41, 5.74) is 5.46. The number of anilines is 1. The summed E-state index contributed by atoms with van der Waals surface area (Å²) in [5.74, 6) is -0.529. The van der Waals surface area contributed by atoms with Crippen molar-refractivity contribution in [3.8, 4) is 0 Å². The van der Waals surface area contributed by atoms with Gasteiger partial charge in [-0.15, -0.1) is 0 Å². The summed E-state index contributed by atoms with van der Waals surface area (Å²) in [6.07, 6.45) is 0. The van der Waals surface area contributed by atoms with E-state index in [-0.39, 0.29) is 34.1 Å². The third-order valence-electron chi connectivity index (χ3n) is 2.85. The summed E-state index contributed by atoms with van der Waals surface area (Å²) in [7, 11) is 1.55. The summed E-state index contributed by atoms with van der Waals surface area (Å²) in [6.45, 7) is 3.65. The molecule has 0 unspecified atom stereocenters. The summed E-state index contributed by atoms with van der Waals surface area (Å²) in [5, 5.41) is 5.64.